The Balaban J connectivity index is 3.91. The molecule has 0 amide bonds. The highest BCUT2D eigenvalue weighted by atomic mass is 16.4. The molecule has 3 heteroatoms. The normalized spacial score (nSPS) is 11.2. The number of carbonyl (C=O) groups is 1. The quantitative estimate of drug-likeness (QED) is 0.576. The zero-order valence-corrected chi connectivity index (χ0v) is 6.35. The molecule has 0 atom stereocenters. The van der Waals surface area contributed by atoms with E-state index in [1.807, 2.05) is 6.92 Å². The first-order chi connectivity index (χ1) is 4.72. The van der Waals surface area contributed by atoms with Crippen LogP contribution in [-0.4, -0.2) is 18.1 Å². The van der Waals surface area contributed by atoms with E-state index in [1.165, 1.54) is 0 Å². The molecule has 10 heavy (non-hydrogen) atoms. The highest BCUT2D eigenvalue weighted by molar-refractivity contribution is 5.85. The first-order valence-corrected chi connectivity index (χ1v) is 3.33. The van der Waals surface area contributed by atoms with Gasteiger partial charge in [0.2, 0.25) is 0 Å². The van der Waals surface area contributed by atoms with Gasteiger partial charge in [0.1, 0.15) is 5.70 Å². The lowest BCUT2D eigenvalue weighted by molar-refractivity contribution is -0.133. The lowest BCUT2D eigenvalue weighted by Gasteiger charge is -1.98. The molecule has 0 bridgehead atoms. The van der Waals surface area contributed by atoms with Gasteiger partial charge in [-0.15, -0.1) is 0 Å². The van der Waals surface area contributed by atoms with Gasteiger partial charge >= 0.3 is 5.97 Å². The minimum Gasteiger partial charge on any atom is -0.477 e. The number of aliphatic carboxylic acids is 1. The van der Waals surface area contributed by atoms with E-state index >= 15 is 0 Å². The monoisotopic (exact) mass is 143 g/mol. The maximum absolute atomic E-state index is 10.3. The van der Waals surface area contributed by atoms with E-state index in [9.17, 15) is 4.79 Å². The Morgan fingerprint density at radius 1 is 1.70 bits per heavy atom. The molecule has 0 unspecified atom stereocenters. The topological polar surface area (TPSA) is 49.3 Å². The highest BCUT2D eigenvalue weighted by Crippen LogP contribution is 1.94. The lowest BCUT2D eigenvalue weighted by atomic mass is 10.3. The van der Waals surface area contributed by atoms with Crippen molar-refractivity contribution < 1.29 is 9.90 Å². The van der Waals surface area contributed by atoms with Crippen LogP contribution < -0.4 is 5.32 Å². The second kappa shape index (κ2) is 4.85. The van der Waals surface area contributed by atoms with Crippen molar-refractivity contribution in [2.75, 3.05) is 7.05 Å². The van der Waals surface area contributed by atoms with Gasteiger partial charge in [0.25, 0.3) is 0 Å². The molecule has 0 fully saturated rings. The fraction of sp³-hybridized carbons (Fsp3) is 0.571. The van der Waals surface area contributed by atoms with Crippen molar-refractivity contribution in [1.82, 2.24) is 5.32 Å². The summed E-state index contributed by atoms with van der Waals surface area (Å²) in [6, 6.07) is 0. The maximum Gasteiger partial charge on any atom is 0.351 e. The van der Waals surface area contributed by atoms with E-state index < -0.39 is 5.97 Å². The van der Waals surface area contributed by atoms with Crippen molar-refractivity contribution in [2.45, 2.75) is 19.8 Å². The molecule has 0 spiro atoms. The highest BCUT2D eigenvalue weighted by Gasteiger charge is 2.00. The Labute approximate surface area is 60.7 Å². The molecule has 0 saturated heterocycles. The number of likely N-dealkylation sites (N-methyl/N-ethyl adjacent to an activating group) is 1. The van der Waals surface area contributed by atoms with Crippen molar-refractivity contribution in [1.29, 1.82) is 0 Å². The van der Waals surface area contributed by atoms with E-state index in [2.05, 4.69) is 5.32 Å². The minimum atomic E-state index is -0.893. The molecule has 0 heterocycles. The summed E-state index contributed by atoms with van der Waals surface area (Å²) in [4.78, 5) is 10.3. The van der Waals surface area contributed by atoms with Gasteiger partial charge in [0.15, 0.2) is 0 Å². The Morgan fingerprint density at radius 2 is 2.30 bits per heavy atom. The molecule has 0 saturated carbocycles. The molecule has 2 N–H and O–H groups in total. The number of nitrogens with one attached hydrogen (secondary N) is 1. The van der Waals surface area contributed by atoms with Crippen LogP contribution >= 0.6 is 0 Å². The summed E-state index contributed by atoms with van der Waals surface area (Å²) in [7, 11) is 1.61. The smallest absolute Gasteiger partial charge is 0.351 e. The zero-order chi connectivity index (χ0) is 7.98. The van der Waals surface area contributed by atoms with E-state index in [1.54, 1.807) is 13.1 Å². The van der Waals surface area contributed by atoms with Gasteiger partial charge in [-0.1, -0.05) is 19.4 Å². The number of allylic oxidation sites excluding steroid dienone is 1. The number of hydrogen-bond donors (Lipinski definition) is 2. The van der Waals surface area contributed by atoms with Gasteiger partial charge in [-0.3, -0.25) is 0 Å². The van der Waals surface area contributed by atoms with E-state index in [-0.39, 0.29) is 5.70 Å². The van der Waals surface area contributed by atoms with Gasteiger partial charge in [-0.25, -0.2) is 4.79 Å². The second-order valence-electron chi connectivity index (χ2n) is 1.96. The molecule has 0 aliphatic heterocycles. The third-order valence-corrected chi connectivity index (χ3v) is 1.14. The van der Waals surface area contributed by atoms with Crippen molar-refractivity contribution in [3.8, 4) is 0 Å². The molecule has 0 aromatic rings. The van der Waals surface area contributed by atoms with Crippen LogP contribution in [0.3, 0.4) is 0 Å². The number of rotatable bonds is 4. The summed E-state index contributed by atoms with van der Waals surface area (Å²) < 4.78 is 0. The largest absolute Gasteiger partial charge is 0.477 e. The molecular weight excluding hydrogens is 130 g/mol. The lowest BCUT2D eigenvalue weighted by Crippen LogP contribution is -2.15. The van der Waals surface area contributed by atoms with E-state index in [0.29, 0.717) is 0 Å². The van der Waals surface area contributed by atoms with E-state index in [0.717, 1.165) is 12.8 Å². The molecule has 0 radical (unpaired) electrons. The Hall–Kier alpha value is -0.990. The molecule has 3 nitrogen and oxygen atoms in total. The Morgan fingerprint density at radius 3 is 2.60 bits per heavy atom. The summed E-state index contributed by atoms with van der Waals surface area (Å²) in [5.41, 5.74) is 0.279. The fourth-order valence-corrected chi connectivity index (χ4v) is 0.585. The summed E-state index contributed by atoms with van der Waals surface area (Å²) in [5, 5.41) is 11.1. The number of carboxylic acids is 1. The van der Waals surface area contributed by atoms with Crippen LogP contribution in [0.1, 0.15) is 19.8 Å². The SMILES string of the molecule is CCC/C=C(/NC)C(=O)O. The predicted octanol–water partition coefficient (Wildman–Crippen LogP) is 0.974. The van der Waals surface area contributed by atoms with Crippen LogP contribution in [0.5, 0.6) is 0 Å². The van der Waals surface area contributed by atoms with Crippen molar-refractivity contribution in [3.05, 3.63) is 11.8 Å². The molecular formula is C7H13NO2. The average molecular weight is 143 g/mol. The summed E-state index contributed by atoms with van der Waals surface area (Å²) >= 11 is 0. The third-order valence-electron chi connectivity index (χ3n) is 1.14. The third kappa shape index (κ3) is 3.12. The fourth-order valence-electron chi connectivity index (χ4n) is 0.585. The summed E-state index contributed by atoms with van der Waals surface area (Å²) in [5.74, 6) is -0.893. The van der Waals surface area contributed by atoms with Gasteiger partial charge in [0, 0.05) is 7.05 Å². The van der Waals surface area contributed by atoms with Crippen LogP contribution in [0.2, 0.25) is 0 Å². The Kier molecular flexibility index (Phi) is 4.37. The molecule has 0 aliphatic carbocycles. The van der Waals surface area contributed by atoms with Crippen molar-refractivity contribution in [2.24, 2.45) is 0 Å². The minimum absolute atomic E-state index is 0.279. The van der Waals surface area contributed by atoms with Crippen molar-refractivity contribution >= 4 is 5.97 Å². The summed E-state index contributed by atoms with van der Waals surface area (Å²) in [6.45, 7) is 2.01. The first-order valence-electron chi connectivity index (χ1n) is 3.33. The molecule has 58 valence electrons. The number of unbranched alkanes of at least 4 members (excludes halogenated alkanes) is 1. The molecule has 0 rings (SSSR count). The van der Waals surface area contributed by atoms with Gasteiger partial charge in [0.05, 0.1) is 0 Å². The van der Waals surface area contributed by atoms with Crippen LogP contribution in [0.25, 0.3) is 0 Å². The van der Waals surface area contributed by atoms with Gasteiger partial charge in [-0.2, -0.15) is 0 Å². The predicted molar refractivity (Wildman–Crippen MR) is 39.7 cm³/mol. The number of hydrogen-bond acceptors (Lipinski definition) is 2. The Bertz CT molecular complexity index is 141. The number of carboxylic acid groups (broad SMARTS) is 1. The van der Waals surface area contributed by atoms with Crippen LogP contribution in [-0.2, 0) is 4.79 Å². The van der Waals surface area contributed by atoms with Gasteiger partial charge in [-0.05, 0) is 6.42 Å². The van der Waals surface area contributed by atoms with Crippen LogP contribution in [0, 0.1) is 0 Å². The van der Waals surface area contributed by atoms with Crippen LogP contribution in [0.4, 0.5) is 0 Å². The van der Waals surface area contributed by atoms with Gasteiger partial charge < -0.3 is 10.4 Å². The first kappa shape index (κ1) is 9.01. The van der Waals surface area contributed by atoms with Crippen molar-refractivity contribution in [3.63, 3.8) is 0 Å². The second-order valence-corrected chi connectivity index (χ2v) is 1.96. The zero-order valence-electron chi connectivity index (χ0n) is 6.35. The molecule has 0 aromatic carbocycles. The molecule has 0 aliphatic rings. The summed E-state index contributed by atoms with van der Waals surface area (Å²) in [6.07, 6.45) is 3.46. The van der Waals surface area contributed by atoms with Crippen LogP contribution in [0.15, 0.2) is 11.8 Å². The molecule has 0 aromatic heterocycles. The average Bonchev–Trinajstić information content (AvgIpc) is 1.89. The standard InChI is InChI=1S/C7H13NO2/c1-3-4-5-6(8-2)7(9)10/h5,8H,3-4H2,1-2H3,(H,9,10)/b6-5+. The van der Waals surface area contributed by atoms with E-state index in [4.69, 9.17) is 5.11 Å². The maximum atomic E-state index is 10.3.